The van der Waals surface area contributed by atoms with Gasteiger partial charge < -0.3 is 10.8 Å². The first kappa shape index (κ1) is 10.2. The molecule has 0 aliphatic heterocycles. The van der Waals surface area contributed by atoms with Crippen LogP contribution in [0.1, 0.15) is 24.1 Å². The summed E-state index contributed by atoms with van der Waals surface area (Å²) in [7, 11) is 0. The van der Waals surface area contributed by atoms with Crippen molar-refractivity contribution >= 4 is 0 Å². The fraction of sp³-hybridized carbons (Fsp3) is 0.400. The molecule has 0 radical (unpaired) electrons. The second kappa shape index (κ2) is 3.85. The maximum Gasteiger partial charge on any atom is 0.123 e. The number of hydrogen-bond donors (Lipinski definition) is 2. The number of nitrogens with two attached hydrogens (primary N) is 1. The number of rotatable bonds is 2. The zero-order valence-corrected chi connectivity index (χ0v) is 7.79. The maximum absolute atomic E-state index is 12.8. The Balaban J connectivity index is 3.05. The minimum atomic E-state index is -0.666. The molecule has 1 rings (SSSR count). The predicted molar refractivity (Wildman–Crippen MR) is 49.7 cm³/mol. The summed E-state index contributed by atoms with van der Waals surface area (Å²) in [6, 6.07) is 3.89. The monoisotopic (exact) mass is 183 g/mol. The molecule has 1 aromatic rings. The van der Waals surface area contributed by atoms with Gasteiger partial charge in [-0.05, 0) is 37.1 Å². The molecule has 3 heteroatoms. The summed E-state index contributed by atoms with van der Waals surface area (Å²) in [6.07, 6.45) is -0.666. The van der Waals surface area contributed by atoms with Gasteiger partial charge in [0.05, 0.1) is 12.1 Å². The molecule has 0 aromatic heterocycles. The SMILES string of the molecule is Cc1ccc(F)cc1C(N)C(C)O. The summed E-state index contributed by atoms with van der Waals surface area (Å²) in [5.74, 6) is -0.322. The van der Waals surface area contributed by atoms with Crippen molar-refractivity contribution < 1.29 is 9.50 Å². The van der Waals surface area contributed by atoms with E-state index in [4.69, 9.17) is 5.73 Å². The zero-order chi connectivity index (χ0) is 10.0. The topological polar surface area (TPSA) is 46.2 Å². The number of halogens is 1. The zero-order valence-electron chi connectivity index (χ0n) is 7.79. The smallest absolute Gasteiger partial charge is 0.123 e. The molecule has 0 saturated heterocycles. The third kappa shape index (κ3) is 2.26. The van der Waals surface area contributed by atoms with Crippen LogP contribution in [0.2, 0.25) is 0 Å². The Labute approximate surface area is 77.2 Å². The van der Waals surface area contributed by atoms with Gasteiger partial charge in [-0.3, -0.25) is 0 Å². The molecule has 0 saturated carbocycles. The molecule has 3 N–H and O–H groups in total. The van der Waals surface area contributed by atoms with Crippen LogP contribution in [0.15, 0.2) is 18.2 Å². The lowest BCUT2D eigenvalue weighted by atomic mass is 9.98. The summed E-state index contributed by atoms with van der Waals surface area (Å²) in [6.45, 7) is 3.44. The molecule has 0 spiro atoms. The number of benzene rings is 1. The van der Waals surface area contributed by atoms with Crippen molar-refractivity contribution in [3.8, 4) is 0 Å². The number of aryl methyl sites for hydroxylation is 1. The first-order chi connectivity index (χ1) is 6.02. The summed E-state index contributed by atoms with van der Waals surface area (Å²) >= 11 is 0. The summed E-state index contributed by atoms with van der Waals surface area (Å²) in [4.78, 5) is 0. The fourth-order valence-electron chi connectivity index (χ4n) is 1.23. The molecule has 0 bridgehead atoms. The van der Waals surface area contributed by atoms with Gasteiger partial charge in [-0.15, -0.1) is 0 Å². The first-order valence-corrected chi connectivity index (χ1v) is 4.22. The van der Waals surface area contributed by atoms with E-state index in [1.807, 2.05) is 6.92 Å². The normalized spacial score (nSPS) is 15.5. The van der Waals surface area contributed by atoms with Crippen LogP contribution in [0.5, 0.6) is 0 Å². The van der Waals surface area contributed by atoms with Crippen molar-refractivity contribution in [2.45, 2.75) is 26.0 Å². The van der Waals surface area contributed by atoms with Crippen LogP contribution in [-0.2, 0) is 0 Å². The van der Waals surface area contributed by atoms with E-state index in [0.29, 0.717) is 5.56 Å². The van der Waals surface area contributed by atoms with Crippen molar-refractivity contribution in [1.82, 2.24) is 0 Å². The molecular formula is C10H14FNO. The second-order valence-electron chi connectivity index (χ2n) is 3.27. The molecule has 2 nitrogen and oxygen atoms in total. The van der Waals surface area contributed by atoms with E-state index < -0.39 is 12.1 Å². The Hall–Kier alpha value is -0.930. The van der Waals surface area contributed by atoms with Crippen molar-refractivity contribution in [2.24, 2.45) is 5.73 Å². The minimum Gasteiger partial charge on any atom is -0.391 e. The lowest BCUT2D eigenvalue weighted by molar-refractivity contribution is 0.164. The molecule has 2 unspecified atom stereocenters. The average molecular weight is 183 g/mol. The number of aliphatic hydroxyl groups excluding tert-OH is 1. The van der Waals surface area contributed by atoms with E-state index in [9.17, 15) is 9.50 Å². The molecule has 72 valence electrons. The molecule has 0 aliphatic carbocycles. The van der Waals surface area contributed by atoms with E-state index in [1.54, 1.807) is 13.0 Å². The Bertz CT molecular complexity index is 299. The summed E-state index contributed by atoms with van der Waals surface area (Å²) in [5.41, 5.74) is 7.25. The predicted octanol–water partition coefficient (Wildman–Crippen LogP) is 1.51. The standard InChI is InChI=1S/C10H14FNO/c1-6-3-4-8(11)5-9(6)10(12)7(2)13/h3-5,7,10,13H,12H2,1-2H3. The van der Waals surface area contributed by atoms with Gasteiger partial charge >= 0.3 is 0 Å². The highest BCUT2D eigenvalue weighted by Gasteiger charge is 2.14. The van der Waals surface area contributed by atoms with Gasteiger partial charge in [-0.2, -0.15) is 0 Å². The van der Waals surface area contributed by atoms with Crippen LogP contribution >= 0.6 is 0 Å². The Morgan fingerprint density at radius 2 is 2.08 bits per heavy atom. The van der Waals surface area contributed by atoms with Crippen LogP contribution in [0.25, 0.3) is 0 Å². The van der Waals surface area contributed by atoms with E-state index >= 15 is 0 Å². The third-order valence-electron chi connectivity index (χ3n) is 2.12. The summed E-state index contributed by atoms with van der Waals surface area (Å²) < 4.78 is 12.8. The van der Waals surface area contributed by atoms with Crippen LogP contribution < -0.4 is 5.73 Å². The molecule has 2 atom stereocenters. The van der Waals surface area contributed by atoms with Crippen molar-refractivity contribution in [1.29, 1.82) is 0 Å². The van der Waals surface area contributed by atoms with Crippen molar-refractivity contribution in [3.05, 3.63) is 35.1 Å². The van der Waals surface area contributed by atoms with Gasteiger partial charge in [-0.1, -0.05) is 6.07 Å². The van der Waals surface area contributed by atoms with Gasteiger partial charge in [0.15, 0.2) is 0 Å². The van der Waals surface area contributed by atoms with Crippen LogP contribution in [0.3, 0.4) is 0 Å². The van der Waals surface area contributed by atoms with Gasteiger partial charge in [0.1, 0.15) is 5.82 Å². The molecule has 0 amide bonds. The van der Waals surface area contributed by atoms with E-state index in [0.717, 1.165) is 5.56 Å². The van der Waals surface area contributed by atoms with Crippen molar-refractivity contribution in [2.75, 3.05) is 0 Å². The van der Waals surface area contributed by atoms with Crippen LogP contribution in [-0.4, -0.2) is 11.2 Å². The van der Waals surface area contributed by atoms with Crippen LogP contribution in [0, 0.1) is 12.7 Å². The number of hydrogen-bond acceptors (Lipinski definition) is 2. The molecule has 13 heavy (non-hydrogen) atoms. The average Bonchev–Trinajstić information content (AvgIpc) is 2.08. The Morgan fingerprint density at radius 3 is 2.62 bits per heavy atom. The molecule has 0 fully saturated rings. The van der Waals surface area contributed by atoms with Crippen molar-refractivity contribution in [3.63, 3.8) is 0 Å². The van der Waals surface area contributed by atoms with Gasteiger partial charge in [-0.25, -0.2) is 4.39 Å². The summed E-state index contributed by atoms with van der Waals surface area (Å²) in [5, 5.41) is 9.24. The second-order valence-corrected chi connectivity index (χ2v) is 3.27. The van der Waals surface area contributed by atoms with Gasteiger partial charge in [0.25, 0.3) is 0 Å². The van der Waals surface area contributed by atoms with E-state index in [-0.39, 0.29) is 5.82 Å². The van der Waals surface area contributed by atoms with E-state index in [1.165, 1.54) is 12.1 Å². The molecule has 0 aliphatic rings. The Morgan fingerprint density at radius 1 is 1.46 bits per heavy atom. The highest BCUT2D eigenvalue weighted by Crippen LogP contribution is 2.19. The highest BCUT2D eigenvalue weighted by molar-refractivity contribution is 5.29. The maximum atomic E-state index is 12.8. The largest absolute Gasteiger partial charge is 0.391 e. The number of aliphatic hydroxyl groups is 1. The Kier molecular flexibility index (Phi) is 3.01. The quantitative estimate of drug-likeness (QED) is 0.730. The lowest BCUT2D eigenvalue weighted by Gasteiger charge is -2.17. The minimum absolute atomic E-state index is 0.322. The van der Waals surface area contributed by atoms with E-state index in [2.05, 4.69) is 0 Å². The molecule has 1 aromatic carbocycles. The first-order valence-electron chi connectivity index (χ1n) is 4.22. The highest BCUT2D eigenvalue weighted by atomic mass is 19.1. The third-order valence-corrected chi connectivity index (χ3v) is 2.12. The molecular weight excluding hydrogens is 169 g/mol. The van der Waals surface area contributed by atoms with Gasteiger partial charge in [0.2, 0.25) is 0 Å². The lowest BCUT2D eigenvalue weighted by Crippen LogP contribution is -2.24. The van der Waals surface area contributed by atoms with Crippen LogP contribution in [0.4, 0.5) is 4.39 Å². The molecule has 0 heterocycles. The fourth-order valence-corrected chi connectivity index (χ4v) is 1.23. The van der Waals surface area contributed by atoms with Gasteiger partial charge in [0, 0.05) is 0 Å².